The van der Waals surface area contributed by atoms with Gasteiger partial charge in [-0.05, 0) is 55.2 Å². The van der Waals surface area contributed by atoms with E-state index in [9.17, 15) is 14.4 Å². The maximum Gasteiger partial charge on any atom is 0.337 e. The van der Waals surface area contributed by atoms with Crippen LogP contribution in [0.5, 0.6) is 0 Å². The first-order chi connectivity index (χ1) is 16.4. The summed E-state index contributed by atoms with van der Waals surface area (Å²) in [6.07, 6.45) is 2.53. The third kappa shape index (κ3) is 3.09. The van der Waals surface area contributed by atoms with Gasteiger partial charge in [0.25, 0.3) is 11.1 Å². The van der Waals surface area contributed by atoms with E-state index in [1.54, 1.807) is 7.05 Å². The molecule has 1 fully saturated rings. The van der Waals surface area contributed by atoms with Crippen LogP contribution in [0, 0.1) is 0 Å². The van der Waals surface area contributed by atoms with E-state index in [1.807, 2.05) is 36.4 Å². The molecule has 1 aliphatic carbocycles. The fourth-order valence-corrected chi connectivity index (χ4v) is 4.93. The molecule has 0 unspecified atom stereocenters. The van der Waals surface area contributed by atoms with E-state index in [2.05, 4.69) is 29.4 Å². The van der Waals surface area contributed by atoms with E-state index >= 15 is 0 Å². The smallest absolute Gasteiger partial charge is 0.337 e. The standard InChI is InChI=1S/C26H25N5O3/c1-28-13-12-16-14-17(8-11-21(16)28)27-20-15-22(32)29(2)24-23(20)25(33)31(19-9-10-19)26(34)30(24)18-6-4-3-5-7-18/h3-8,11,14-15,19,27H,9-10,12-13H2,1-2H3. The van der Waals surface area contributed by atoms with Crippen molar-refractivity contribution in [3.63, 3.8) is 0 Å². The topological polar surface area (TPSA) is 81.3 Å². The lowest BCUT2D eigenvalue weighted by Gasteiger charge is -2.19. The summed E-state index contributed by atoms with van der Waals surface area (Å²) in [7, 11) is 3.66. The van der Waals surface area contributed by atoms with E-state index in [1.165, 1.54) is 31.0 Å². The van der Waals surface area contributed by atoms with Crippen LogP contribution in [0.3, 0.4) is 0 Å². The van der Waals surface area contributed by atoms with E-state index < -0.39 is 5.69 Å². The molecular formula is C26H25N5O3. The zero-order valence-electron chi connectivity index (χ0n) is 19.1. The van der Waals surface area contributed by atoms with Crippen molar-refractivity contribution in [1.29, 1.82) is 0 Å². The van der Waals surface area contributed by atoms with Gasteiger partial charge in [0, 0.05) is 44.1 Å². The van der Waals surface area contributed by atoms with Gasteiger partial charge in [-0.2, -0.15) is 0 Å². The largest absolute Gasteiger partial charge is 0.374 e. The number of aryl methyl sites for hydroxylation is 1. The number of likely N-dealkylation sites (N-methyl/N-ethyl adjacent to an activating group) is 1. The minimum atomic E-state index is -0.418. The van der Waals surface area contributed by atoms with Crippen LogP contribution in [0.2, 0.25) is 0 Å². The first kappa shape index (κ1) is 20.5. The normalized spacial score (nSPS) is 15.1. The molecule has 2 aromatic heterocycles. The zero-order chi connectivity index (χ0) is 23.6. The monoisotopic (exact) mass is 455 g/mol. The highest BCUT2D eigenvalue weighted by Crippen LogP contribution is 2.34. The molecule has 0 amide bonds. The van der Waals surface area contributed by atoms with E-state index in [-0.39, 0.29) is 22.8 Å². The van der Waals surface area contributed by atoms with Crippen LogP contribution in [-0.2, 0) is 13.5 Å². The fraction of sp³-hybridized carbons (Fsp3) is 0.269. The highest BCUT2D eigenvalue weighted by Gasteiger charge is 2.31. The van der Waals surface area contributed by atoms with Gasteiger partial charge >= 0.3 is 5.69 Å². The van der Waals surface area contributed by atoms with Crippen molar-refractivity contribution in [3.05, 3.63) is 91.4 Å². The number of benzene rings is 2. The van der Waals surface area contributed by atoms with Crippen molar-refractivity contribution in [2.75, 3.05) is 23.8 Å². The first-order valence-electron chi connectivity index (χ1n) is 11.5. The highest BCUT2D eigenvalue weighted by atomic mass is 16.2. The summed E-state index contributed by atoms with van der Waals surface area (Å²) >= 11 is 0. The van der Waals surface area contributed by atoms with Crippen LogP contribution in [0.15, 0.2) is 69.0 Å². The maximum absolute atomic E-state index is 13.7. The van der Waals surface area contributed by atoms with Gasteiger partial charge in [-0.3, -0.25) is 18.7 Å². The maximum atomic E-state index is 13.7. The summed E-state index contributed by atoms with van der Waals surface area (Å²) < 4.78 is 4.22. The van der Waals surface area contributed by atoms with E-state index in [0.29, 0.717) is 16.8 Å². The average Bonchev–Trinajstić information content (AvgIpc) is 3.60. The number of hydrogen-bond acceptors (Lipinski definition) is 5. The molecule has 3 heterocycles. The molecule has 0 radical (unpaired) electrons. The van der Waals surface area contributed by atoms with Gasteiger partial charge in [-0.1, -0.05) is 18.2 Å². The van der Waals surface area contributed by atoms with Crippen LogP contribution in [0.25, 0.3) is 16.7 Å². The van der Waals surface area contributed by atoms with Crippen molar-refractivity contribution in [3.8, 4) is 5.69 Å². The average molecular weight is 456 g/mol. The predicted molar refractivity (Wildman–Crippen MR) is 134 cm³/mol. The minimum Gasteiger partial charge on any atom is -0.374 e. The molecule has 4 aromatic rings. The van der Waals surface area contributed by atoms with Gasteiger partial charge in [0.2, 0.25) is 0 Å². The van der Waals surface area contributed by atoms with Gasteiger partial charge in [-0.25, -0.2) is 9.36 Å². The lowest BCUT2D eigenvalue weighted by Crippen LogP contribution is -2.41. The molecule has 34 heavy (non-hydrogen) atoms. The Bertz CT molecular complexity index is 1630. The number of nitrogens with zero attached hydrogens (tertiary/aromatic N) is 4. The number of hydrogen-bond donors (Lipinski definition) is 1. The second kappa shape index (κ2) is 7.48. The van der Waals surface area contributed by atoms with Crippen molar-refractivity contribution < 1.29 is 0 Å². The van der Waals surface area contributed by atoms with Crippen molar-refractivity contribution in [2.24, 2.45) is 7.05 Å². The lowest BCUT2D eigenvalue weighted by molar-refractivity contribution is 0.637. The molecule has 8 heteroatoms. The van der Waals surface area contributed by atoms with E-state index in [4.69, 9.17) is 0 Å². The first-order valence-corrected chi connectivity index (χ1v) is 11.5. The molecule has 8 nitrogen and oxygen atoms in total. The van der Waals surface area contributed by atoms with Gasteiger partial charge < -0.3 is 10.2 Å². The molecule has 6 rings (SSSR count). The number of anilines is 3. The number of aromatic nitrogens is 3. The molecule has 1 N–H and O–H groups in total. The summed E-state index contributed by atoms with van der Waals surface area (Å²) in [4.78, 5) is 42.5. The molecule has 2 aromatic carbocycles. The summed E-state index contributed by atoms with van der Waals surface area (Å²) in [5, 5.41) is 3.65. The summed E-state index contributed by atoms with van der Waals surface area (Å²) in [6, 6.07) is 16.6. The second-order valence-electron chi connectivity index (χ2n) is 9.15. The summed E-state index contributed by atoms with van der Waals surface area (Å²) in [5.74, 6) is 0. The van der Waals surface area contributed by atoms with Crippen LogP contribution >= 0.6 is 0 Å². The number of fused-ring (bicyclic) bond motifs is 2. The fourth-order valence-electron chi connectivity index (χ4n) is 4.93. The third-order valence-corrected chi connectivity index (χ3v) is 6.86. The van der Waals surface area contributed by atoms with Crippen molar-refractivity contribution >= 4 is 28.1 Å². The second-order valence-corrected chi connectivity index (χ2v) is 9.15. The number of pyridine rings is 1. The Morgan fingerprint density at radius 3 is 2.44 bits per heavy atom. The lowest BCUT2D eigenvalue weighted by atomic mass is 10.1. The third-order valence-electron chi connectivity index (χ3n) is 6.86. The van der Waals surface area contributed by atoms with Crippen molar-refractivity contribution in [2.45, 2.75) is 25.3 Å². The number of rotatable bonds is 4. The number of nitrogens with one attached hydrogen (secondary N) is 1. The predicted octanol–water partition coefficient (Wildman–Crippen LogP) is 2.92. The molecule has 1 saturated carbocycles. The zero-order valence-corrected chi connectivity index (χ0v) is 19.1. The van der Waals surface area contributed by atoms with Crippen LogP contribution in [-0.4, -0.2) is 27.3 Å². The quantitative estimate of drug-likeness (QED) is 0.512. The van der Waals surface area contributed by atoms with Crippen LogP contribution in [0.4, 0.5) is 17.1 Å². The molecule has 0 atom stereocenters. The summed E-state index contributed by atoms with van der Waals surface area (Å²) in [6.45, 7) is 0.961. The Kier molecular flexibility index (Phi) is 4.52. The molecule has 0 spiro atoms. The minimum absolute atomic E-state index is 0.111. The molecular weight excluding hydrogens is 430 g/mol. The van der Waals surface area contributed by atoms with Crippen LogP contribution in [0.1, 0.15) is 24.4 Å². The highest BCUT2D eigenvalue weighted by molar-refractivity contribution is 5.91. The Labute approximate surface area is 195 Å². The number of para-hydroxylation sites is 1. The Hall–Kier alpha value is -4.07. The molecule has 172 valence electrons. The summed E-state index contributed by atoms with van der Waals surface area (Å²) in [5.41, 5.74) is 3.43. The molecule has 2 aliphatic rings. The van der Waals surface area contributed by atoms with Gasteiger partial charge in [-0.15, -0.1) is 0 Å². The molecule has 1 aliphatic heterocycles. The van der Waals surface area contributed by atoms with Crippen molar-refractivity contribution in [1.82, 2.24) is 13.7 Å². The molecule has 0 bridgehead atoms. The Morgan fingerprint density at radius 2 is 1.71 bits per heavy atom. The molecule has 0 saturated heterocycles. The SMILES string of the molecule is CN1CCc2cc(Nc3cc(=O)n(C)c4c3c(=O)n(C3CC3)c(=O)n4-c3ccccc3)ccc21. The van der Waals surface area contributed by atoms with Crippen LogP contribution < -0.4 is 27.0 Å². The Balaban J connectivity index is 1.65. The van der Waals surface area contributed by atoms with Gasteiger partial charge in [0.1, 0.15) is 11.0 Å². The van der Waals surface area contributed by atoms with Gasteiger partial charge in [0.05, 0.1) is 11.4 Å². The Morgan fingerprint density at radius 1 is 0.941 bits per heavy atom. The van der Waals surface area contributed by atoms with Gasteiger partial charge in [0.15, 0.2) is 0 Å². The van der Waals surface area contributed by atoms with E-state index in [0.717, 1.165) is 31.5 Å².